The Morgan fingerprint density at radius 3 is 2.44 bits per heavy atom. The minimum Gasteiger partial charge on any atom is -0.496 e. The highest BCUT2D eigenvalue weighted by Crippen LogP contribution is 2.20. The molecule has 0 radical (unpaired) electrons. The molecule has 3 aromatic rings. The highest BCUT2D eigenvalue weighted by molar-refractivity contribution is 7.89. The van der Waals surface area contributed by atoms with Crippen LogP contribution >= 0.6 is 0 Å². The predicted molar refractivity (Wildman–Crippen MR) is 114 cm³/mol. The average Bonchev–Trinajstić information content (AvgIpc) is 2.81. The lowest BCUT2D eigenvalue weighted by Gasteiger charge is -2.10. The number of benzene rings is 3. The number of carbonyl (C=O) groups excluding carboxylic acids is 2. The molecule has 0 atom stereocenters. The number of carbonyl (C=O) groups is 2. The standard InChI is InChI=1S/C23H20FNO6S/c1-30-22-11-10-18(24)13-20(22)21(26)15-31-23(27)17-8-5-9-19(12-17)32(28,29)25-14-16-6-3-2-4-7-16/h2-13,25H,14-15H2,1H3. The summed E-state index contributed by atoms with van der Waals surface area (Å²) in [6, 6.07) is 17.6. The van der Waals surface area contributed by atoms with Crippen molar-refractivity contribution in [1.82, 2.24) is 4.72 Å². The van der Waals surface area contributed by atoms with Gasteiger partial charge in [0.15, 0.2) is 6.61 Å². The van der Waals surface area contributed by atoms with Crippen LogP contribution in [0.1, 0.15) is 26.3 Å². The molecule has 0 spiro atoms. The molecule has 166 valence electrons. The lowest BCUT2D eigenvalue weighted by molar-refractivity contribution is 0.0473. The van der Waals surface area contributed by atoms with E-state index in [1.807, 2.05) is 6.07 Å². The van der Waals surface area contributed by atoms with Crippen LogP contribution in [0.4, 0.5) is 4.39 Å². The van der Waals surface area contributed by atoms with Gasteiger partial charge in [-0.3, -0.25) is 4.79 Å². The summed E-state index contributed by atoms with van der Waals surface area (Å²) >= 11 is 0. The van der Waals surface area contributed by atoms with Gasteiger partial charge >= 0.3 is 5.97 Å². The molecular weight excluding hydrogens is 437 g/mol. The zero-order valence-corrected chi connectivity index (χ0v) is 17.9. The van der Waals surface area contributed by atoms with Crippen molar-refractivity contribution in [2.45, 2.75) is 11.4 Å². The van der Waals surface area contributed by atoms with Crippen LogP contribution in [0.3, 0.4) is 0 Å². The summed E-state index contributed by atoms with van der Waals surface area (Å²) in [4.78, 5) is 24.6. The third kappa shape index (κ3) is 5.77. The largest absolute Gasteiger partial charge is 0.496 e. The van der Waals surface area contributed by atoms with Gasteiger partial charge in [0.1, 0.15) is 11.6 Å². The molecule has 0 amide bonds. The fraction of sp³-hybridized carbons (Fsp3) is 0.130. The fourth-order valence-corrected chi connectivity index (χ4v) is 3.90. The smallest absolute Gasteiger partial charge is 0.338 e. The van der Waals surface area contributed by atoms with Gasteiger partial charge < -0.3 is 9.47 Å². The summed E-state index contributed by atoms with van der Waals surface area (Å²) in [5.41, 5.74) is 0.659. The number of nitrogens with one attached hydrogen (secondary N) is 1. The zero-order chi connectivity index (χ0) is 23.1. The number of hydrogen-bond acceptors (Lipinski definition) is 6. The summed E-state index contributed by atoms with van der Waals surface area (Å²) in [6.45, 7) is -0.580. The number of rotatable bonds is 9. The number of sulfonamides is 1. The van der Waals surface area contributed by atoms with E-state index in [9.17, 15) is 22.4 Å². The van der Waals surface area contributed by atoms with Gasteiger partial charge in [0.25, 0.3) is 0 Å². The van der Waals surface area contributed by atoms with Crippen LogP contribution in [0.15, 0.2) is 77.7 Å². The second-order valence-corrected chi connectivity index (χ2v) is 8.45. The van der Waals surface area contributed by atoms with Crippen LogP contribution < -0.4 is 9.46 Å². The first-order chi connectivity index (χ1) is 15.3. The van der Waals surface area contributed by atoms with E-state index in [1.54, 1.807) is 24.3 Å². The van der Waals surface area contributed by atoms with E-state index in [1.165, 1.54) is 31.4 Å². The second kappa shape index (κ2) is 10.2. The quantitative estimate of drug-likeness (QED) is 0.391. The summed E-state index contributed by atoms with van der Waals surface area (Å²) in [6.07, 6.45) is 0. The number of Topliss-reactive ketones (excluding diaryl/α,β-unsaturated/α-hetero) is 1. The van der Waals surface area contributed by atoms with E-state index in [0.29, 0.717) is 0 Å². The number of ether oxygens (including phenoxy) is 2. The van der Waals surface area contributed by atoms with Gasteiger partial charge in [-0.25, -0.2) is 22.3 Å². The van der Waals surface area contributed by atoms with E-state index in [0.717, 1.165) is 23.8 Å². The Morgan fingerprint density at radius 1 is 0.969 bits per heavy atom. The van der Waals surface area contributed by atoms with Crippen LogP contribution in [-0.2, 0) is 21.3 Å². The van der Waals surface area contributed by atoms with Gasteiger partial charge in [0, 0.05) is 6.54 Å². The van der Waals surface area contributed by atoms with Crippen molar-refractivity contribution in [2.75, 3.05) is 13.7 Å². The number of halogens is 1. The van der Waals surface area contributed by atoms with Crippen LogP contribution in [0, 0.1) is 5.82 Å². The van der Waals surface area contributed by atoms with Crippen LogP contribution in [0.25, 0.3) is 0 Å². The summed E-state index contributed by atoms with van der Waals surface area (Å²) in [5.74, 6) is -2.05. The molecule has 0 unspecified atom stereocenters. The molecule has 7 nitrogen and oxygen atoms in total. The number of methoxy groups -OCH3 is 1. The lowest BCUT2D eigenvalue weighted by Crippen LogP contribution is -2.23. The Hall–Kier alpha value is -3.56. The first kappa shape index (κ1) is 23.1. The van der Waals surface area contributed by atoms with Crippen molar-refractivity contribution >= 4 is 21.8 Å². The highest BCUT2D eigenvalue weighted by atomic mass is 32.2. The molecule has 0 heterocycles. The Bertz CT molecular complexity index is 1230. The van der Waals surface area contributed by atoms with Gasteiger partial charge in [-0.2, -0.15) is 0 Å². The molecule has 3 rings (SSSR count). The Labute approximate surface area is 184 Å². The van der Waals surface area contributed by atoms with Crippen molar-refractivity contribution in [3.05, 3.63) is 95.3 Å². The first-order valence-electron chi connectivity index (χ1n) is 9.47. The molecule has 9 heteroatoms. The van der Waals surface area contributed by atoms with E-state index >= 15 is 0 Å². The molecule has 0 aliphatic carbocycles. The maximum Gasteiger partial charge on any atom is 0.338 e. The fourth-order valence-electron chi connectivity index (χ4n) is 2.84. The third-order valence-corrected chi connectivity index (χ3v) is 5.88. The maximum atomic E-state index is 13.5. The van der Waals surface area contributed by atoms with Crippen LogP contribution in [0.2, 0.25) is 0 Å². The van der Waals surface area contributed by atoms with Crippen LogP contribution in [-0.4, -0.2) is 33.9 Å². The lowest BCUT2D eigenvalue weighted by atomic mass is 10.1. The van der Waals surface area contributed by atoms with Crippen molar-refractivity contribution in [1.29, 1.82) is 0 Å². The molecule has 0 aliphatic rings. The van der Waals surface area contributed by atoms with Crippen LogP contribution in [0.5, 0.6) is 5.75 Å². The van der Waals surface area contributed by atoms with Gasteiger partial charge in [-0.05, 0) is 42.0 Å². The molecule has 0 fully saturated rings. The van der Waals surface area contributed by atoms with E-state index in [-0.39, 0.29) is 28.3 Å². The summed E-state index contributed by atoms with van der Waals surface area (Å²) < 4.78 is 51.1. The molecule has 1 N–H and O–H groups in total. The van der Waals surface area contributed by atoms with Gasteiger partial charge in [0.05, 0.1) is 23.1 Å². The molecule has 0 aliphatic heterocycles. The van der Waals surface area contributed by atoms with Crippen molar-refractivity contribution in [3.8, 4) is 5.75 Å². The minimum atomic E-state index is -3.89. The van der Waals surface area contributed by atoms with Crippen molar-refractivity contribution < 1.29 is 31.9 Å². The van der Waals surface area contributed by atoms with Crippen molar-refractivity contribution in [3.63, 3.8) is 0 Å². The molecule has 0 bridgehead atoms. The predicted octanol–water partition coefficient (Wildman–Crippen LogP) is 3.35. The monoisotopic (exact) mass is 457 g/mol. The van der Waals surface area contributed by atoms with E-state index in [4.69, 9.17) is 9.47 Å². The normalized spacial score (nSPS) is 11.1. The molecular formula is C23H20FNO6S. The second-order valence-electron chi connectivity index (χ2n) is 6.68. The summed E-state index contributed by atoms with van der Waals surface area (Å²) in [7, 11) is -2.56. The summed E-state index contributed by atoms with van der Waals surface area (Å²) in [5, 5.41) is 0. The maximum absolute atomic E-state index is 13.5. The van der Waals surface area contributed by atoms with Crippen molar-refractivity contribution in [2.24, 2.45) is 0 Å². The Morgan fingerprint density at radius 2 is 1.72 bits per heavy atom. The topological polar surface area (TPSA) is 98.8 Å². The highest BCUT2D eigenvalue weighted by Gasteiger charge is 2.19. The number of esters is 1. The van der Waals surface area contributed by atoms with E-state index < -0.39 is 34.2 Å². The number of ketones is 1. The average molecular weight is 457 g/mol. The minimum absolute atomic E-state index is 0.0495. The zero-order valence-electron chi connectivity index (χ0n) is 17.1. The van der Waals surface area contributed by atoms with E-state index in [2.05, 4.69) is 4.72 Å². The number of hydrogen-bond donors (Lipinski definition) is 1. The van der Waals surface area contributed by atoms with Gasteiger partial charge in [-0.1, -0.05) is 36.4 Å². The Balaban J connectivity index is 1.67. The molecule has 0 aromatic heterocycles. The molecule has 3 aromatic carbocycles. The molecule has 0 saturated carbocycles. The Kier molecular flexibility index (Phi) is 7.34. The molecule has 0 saturated heterocycles. The third-order valence-electron chi connectivity index (χ3n) is 4.49. The SMILES string of the molecule is COc1ccc(F)cc1C(=O)COC(=O)c1cccc(S(=O)(=O)NCc2ccccc2)c1. The van der Waals surface area contributed by atoms with Gasteiger partial charge in [0.2, 0.25) is 15.8 Å². The van der Waals surface area contributed by atoms with Gasteiger partial charge in [-0.15, -0.1) is 0 Å². The first-order valence-corrected chi connectivity index (χ1v) is 11.0. The molecule has 32 heavy (non-hydrogen) atoms.